The topological polar surface area (TPSA) is 84.7 Å². The van der Waals surface area contributed by atoms with E-state index in [0.29, 0.717) is 19.6 Å². The van der Waals surface area contributed by atoms with Gasteiger partial charge in [-0.25, -0.2) is 4.79 Å². The van der Waals surface area contributed by atoms with Crippen LogP contribution in [0.5, 0.6) is 0 Å². The summed E-state index contributed by atoms with van der Waals surface area (Å²) in [7, 11) is 1.33. The Morgan fingerprint density at radius 1 is 1.59 bits per heavy atom. The normalized spacial score (nSPS) is 21.1. The lowest BCUT2D eigenvalue weighted by Gasteiger charge is -2.21. The number of carbonyl (C=O) groups excluding carboxylic acids is 2. The van der Waals surface area contributed by atoms with E-state index in [1.54, 1.807) is 4.90 Å². The van der Waals surface area contributed by atoms with Crippen molar-refractivity contribution in [1.82, 2.24) is 10.2 Å². The van der Waals surface area contributed by atoms with E-state index in [4.69, 9.17) is 5.73 Å². The van der Waals surface area contributed by atoms with E-state index in [9.17, 15) is 9.59 Å². The van der Waals surface area contributed by atoms with Crippen molar-refractivity contribution in [2.24, 2.45) is 11.7 Å². The summed E-state index contributed by atoms with van der Waals surface area (Å²) in [6.45, 7) is 3.55. The number of methoxy groups -OCH3 is 1. The van der Waals surface area contributed by atoms with Crippen LogP contribution in [-0.4, -0.2) is 49.7 Å². The third kappa shape index (κ3) is 3.59. The minimum absolute atomic E-state index is 0.0123. The van der Waals surface area contributed by atoms with Crippen LogP contribution in [0.2, 0.25) is 0 Å². The van der Waals surface area contributed by atoms with Gasteiger partial charge in [0.1, 0.15) is 0 Å². The quantitative estimate of drug-likeness (QED) is 0.723. The van der Waals surface area contributed by atoms with E-state index in [0.717, 1.165) is 12.8 Å². The molecule has 3 N–H and O–H groups in total. The van der Waals surface area contributed by atoms with Crippen molar-refractivity contribution < 1.29 is 14.3 Å². The summed E-state index contributed by atoms with van der Waals surface area (Å²) in [6.07, 6.45) is 1.07. The molecule has 1 aliphatic rings. The molecular formula is C11H21N3O3. The first-order chi connectivity index (χ1) is 8.12. The van der Waals surface area contributed by atoms with Gasteiger partial charge in [0.25, 0.3) is 0 Å². The van der Waals surface area contributed by atoms with Crippen LogP contribution in [0.25, 0.3) is 0 Å². The van der Waals surface area contributed by atoms with Gasteiger partial charge >= 0.3 is 6.09 Å². The van der Waals surface area contributed by atoms with Gasteiger partial charge in [-0.15, -0.1) is 0 Å². The van der Waals surface area contributed by atoms with Crippen LogP contribution >= 0.6 is 0 Å². The predicted molar refractivity (Wildman–Crippen MR) is 63.4 cm³/mol. The zero-order chi connectivity index (χ0) is 12.8. The van der Waals surface area contributed by atoms with Crippen LogP contribution in [0.3, 0.4) is 0 Å². The summed E-state index contributed by atoms with van der Waals surface area (Å²) in [4.78, 5) is 24.8. The van der Waals surface area contributed by atoms with Crippen molar-refractivity contribution in [3.63, 3.8) is 0 Å². The molecule has 0 spiro atoms. The van der Waals surface area contributed by atoms with Gasteiger partial charge < -0.3 is 20.7 Å². The van der Waals surface area contributed by atoms with Crippen LogP contribution in [0.4, 0.5) is 4.79 Å². The van der Waals surface area contributed by atoms with Crippen LogP contribution in [0, 0.1) is 5.92 Å². The highest BCUT2D eigenvalue weighted by atomic mass is 16.5. The molecule has 6 heteroatoms. The van der Waals surface area contributed by atoms with Gasteiger partial charge in [-0.05, 0) is 12.8 Å². The molecule has 6 nitrogen and oxygen atoms in total. The van der Waals surface area contributed by atoms with E-state index in [2.05, 4.69) is 10.1 Å². The Balaban J connectivity index is 2.44. The van der Waals surface area contributed by atoms with Crippen molar-refractivity contribution in [3.8, 4) is 0 Å². The van der Waals surface area contributed by atoms with Gasteiger partial charge in [0, 0.05) is 19.6 Å². The third-order valence-corrected chi connectivity index (χ3v) is 3.13. The lowest BCUT2D eigenvalue weighted by atomic mass is 10.1. The Morgan fingerprint density at radius 2 is 2.29 bits per heavy atom. The average molecular weight is 243 g/mol. The van der Waals surface area contributed by atoms with E-state index in [1.165, 1.54) is 7.11 Å². The van der Waals surface area contributed by atoms with Gasteiger partial charge in [0.2, 0.25) is 5.91 Å². The largest absolute Gasteiger partial charge is 0.453 e. The monoisotopic (exact) mass is 243 g/mol. The van der Waals surface area contributed by atoms with E-state index < -0.39 is 6.09 Å². The molecule has 0 aromatic carbocycles. The van der Waals surface area contributed by atoms with E-state index in [-0.39, 0.29) is 17.9 Å². The number of carbonyl (C=O) groups is 2. The second-order valence-corrected chi connectivity index (χ2v) is 4.25. The van der Waals surface area contributed by atoms with Crippen LogP contribution in [-0.2, 0) is 9.53 Å². The van der Waals surface area contributed by atoms with Crippen molar-refractivity contribution in [1.29, 1.82) is 0 Å². The summed E-state index contributed by atoms with van der Waals surface area (Å²) in [5, 5.41) is 2.70. The molecule has 1 saturated heterocycles. The molecule has 1 rings (SSSR count). The van der Waals surface area contributed by atoms with Crippen molar-refractivity contribution in [2.45, 2.75) is 25.8 Å². The first-order valence-electron chi connectivity index (χ1n) is 5.95. The molecular weight excluding hydrogens is 222 g/mol. The summed E-state index contributed by atoms with van der Waals surface area (Å²) in [5.41, 5.74) is 5.55. The second-order valence-electron chi connectivity index (χ2n) is 4.25. The minimum Gasteiger partial charge on any atom is -0.453 e. The van der Waals surface area contributed by atoms with E-state index >= 15 is 0 Å². The molecule has 2 atom stereocenters. The molecule has 0 aliphatic carbocycles. The molecule has 98 valence electrons. The van der Waals surface area contributed by atoms with Crippen LogP contribution < -0.4 is 11.1 Å². The Hall–Kier alpha value is -1.30. The van der Waals surface area contributed by atoms with Crippen molar-refractivity contribution in [2.75, 3.05) is 26.7 Å². The number of amides is 2. The zero-order valence-electron chi connectivity index (χ0n) is 10.4. The van der Waals surface area contributed by atoms with Gasteiger partial charge in [0.15, 0.2) is 0 Å². The molecule has 0 aromatic heterocycles. The Labute approximate surface area is 101 Å². The highest BCUT2D eigenvalue weighted by Gasteiger charge is 2.30. The number of nitrogens with one attached hydrogen (secondary N) is 1. The second kappa shape index (κ2) is 6.44. The molecule has 17 heavy (non-hydrogen) atoms. The standard InChI is InChI=1S/C11H21N3O3/c1-3-8(6-12)10(15)14-5-4-9(7-14)13-11(16)17-2/h8-9H,3-7,12H2,1-2H3,(H,13,16). The molecule has 0 bridgehead atoms. The highest BCUT2D eigenvalue weighted by molar-refractivity contribution is 5.79. The van der Waals surface area contributed by atoms with Gasteiger partial charge in [-0.1, -0.05) is 6.92 Å². The molecule has 1 heterocycles. The number of likely N-dealkylation sites (tertiary alicyclic amines) is 1. The fourth-order valence-corrected chi connectivity index (χ4v) is 2.00. The van der Waals surface area contributed by atoms with Gasteiger partial charge in [-0.2, -0.15) is 0 Å². The molecule has 2 unspecified atom stereocenters. The first kappa shape index (κ1) is 13.8. The fraction of sp³-hybridized carbons (Fsp3) is 0.818. The smallest absolute Gasteiger partial charge is 0.407 e. The van der Waals surface area contributed by atoms with E-state index in [1.807, 2.05) is 6.92 Å². The number of nitrogens with two attached hydrogens (primary N) is 1. The molecule has 1 aliphatic heterocycles. The molecule has 1 fully saturated rings. The van der Waals surface area contributed by atoms with Crippen LogP contribution in [0.15, 0.2) is 0 Å². The molecule has 2 amide bonds. The highest BCUT2D eigenvalue weighted by Crippen LogP contribution is 2.14. The van der Waals surface area contributed by atoms with Gasteiger partial charge in [0.05, 0.1) is 19.1 Å². The maximum Gasteiger partial charge on any atom is 0.407 e. The minimum atomic E-state index is -0.449. The summed E-state index contributed by atoms with van der Waals surface area (Å²) in [5.74, 6) is -0.0176. The van der Waals surface area contributed by atoms with Gasteiger partial charge in [-0.3, -0.25) is 4.79 Å². The maximum absolute atomic E-state index is 12.0. The molecule has 0 aromatic rings. The first-order valence-corrected chi connectivity index (χ1v) is 5.95. The Morgan fingerprint density at radius 3 is 2.82 bits per heavy atom. The lowest BCUT2D eigenvalue weighted by Crippen LogP contribution is -2.41. The number of hydrogen-bond acceptors (Lipinski definition) is 4. The maximum atomic E-state index is 12.0. The summed E-state index contributed by atoms with van der Waals surface area (Å²) < 4.78 is 4.52. The predicted octanol–water partition coefficient (Wildman–Crippen LogP) is -0.0718. The third-order valence-electron chi connectivity index (χ3n) is 3.13. The molecule has 0 radical (unpaired) electrons. The Kier molecular flexibility index (Phi) is 5.21. The zero-order valence-corrected chi connectivity index (χ0v) is 10.4. The number of hydrogen-bond donors (Lipinski definition) is 2. The SMILES string of the molecule is CCC(CN)C(=O)N1CCC(NC(=O)OC)C1. The fourth-order valence-electron chi connectivity index (χ4n) is 2.00. The number of alkyl carbamates (subject to hydrolysis) is 1. The number of nitrogens with zero attached hydrogens (tertiary/aromatic N) is 1. The lowest BCUT2D eigenvalue weighted by molar-refractivity contribution is -0.134. The van der Waals surface area contributed by atoms with Crippen LogP contribution in [0.1, 0.15) is 19.8 Å². The summed E-state index contributed by atoms with van der Waals surface area (Å²) >= 11 is 0. The Bertz CT molecular complexity index is 279. The molecule has 0 saturated carbocycles. The number of rotatable bonds is 4. The van der Waals surface area contributed by atoms with Crippen molar-refractivity contribution >= 4 is 12.0 Å². The average Bonchev–Trinajstić information content (AvgIpc) is 2.78. The summed E-state index contributed by atoms with van der Waals surface area (Å²) in [6, 6.07) is -0.0123. The number of ether oxygens (including phenoxy) is 1. The van der Waals surface area contributed by atoms with Crippen molar-refractivity contribution in [3.05, 3.63) is 0 Å².